The fourth-order valence-corrected chi connectivity index (χ4v) is 2.18. The smallest absolute Gasteiger partial charge is 0.270 e. The molecule has 0 heterocycles. The fourth-order valence-electron chi connectivity index (χ4n) is 1.71. The summed E-state index contributed by atoms with van der Waals surface area (Å²) in [5.74, 6) is -0.0242. The topological polar surface area (TPSA) is 105 Å². The molecule has 0 aromatic heterocycles. The van der Waals surface area contributed by atoms with Crippen LogP contribution in [0.4, 0.5) is 11.4 Å². The van der Waals surface area contributed by atoms with Crippen molar-refractivity contribution in [3.8, 4) is 11.8 Å². The molecular formula is C15H10BrN3O4. The van der Waals surface area contributed by atoms with Crippen LogP contribution in [-0.4, -0.2) is 17.4 Å². The second-order valence-electron chi connectivity index (χ2n) is 4.40. The van der Waals surface area contributed by atoms with E-state index in [4.69, 9.17) is 10.00 Å². The first kappa shape index (κ1) is 16.5. The van der Waals surface area contributed by atoms with Crippen molar-refractivity contribution in [2.75, 3.05) is 11.9 Å². The van der Waals surface area contributed by atoms with E-state index in [0.29, 0.717) is 21.5 Å². The van der Waals surface area contributed by atoms with E-state index in [1.54, 1.807) is 18.2 Å². The van der Waals surface area contributed by atoms with Crippen molar-refractivity contribution in [2.24, 2.45) is 0 Å². The van der Waals surface area contributed by atoms with Gasteiger partial charge in [0.2, 0.25) is 0 Å². The van der Waals surface area contributed by atoms with Crippen LogP contribution in [-0.2, 0) is 4.79 Å². The zero-order valence-electron chi connectivity index (χ0n) is 11.7. The molecule has 23 heavy (non-hydrogen) atoms. The number of hydrogen-bond donors (Lipinski definition) is 1. The third-order valence-electron chi connectivity index (χ3n) is 2.77. The number of nitrogens with one attached hydrogen (secondary N) is 1. The molecule has 0 radical (unpaired) electrons. The van der Waals surface area contributed by atoms with Crippen molar-refractivity contribution < 1.29 is 14.5 Å². The molecule has 0 spiro atoms. The van der Waals surface area contributed by atoms with Crippen molar-refractivity contribution in [2.45, 2.75) is 0 Å². The Morgan fingerprint density at radius 1 is 1.35 bits per heavy atom. The minimum Gasteiger partial charge on any atom is -0.484 e. The normalized spacial score (nSPS) is 9.74. The van der Waals surface area contributed by atoms with Crippen molar-refractivity contribution in [1.82, 2.24) is 0 Å². The van der Waals surface area contributed by atoms with Gasteiger partial charge in [0.05, 0.1) is 22.2 Å². The first-order chi connectivity index (χ1) is 11.0. The third-order valence-corrected chi connectivity index (χ3v) is 3.43. The molecule has 0 bridgehead atoms. The predicted octanol–water partition coefficient (Wildman–Crippen LogP) is 3.25. The summed E-state index contributed by atoms with van der Waals surface area (Å²) < 4.78 is 5.69. The van der Waals surface area contributed by atoms with Gasteiger partial charge in [-0.05, 0) is 40.2 Å². The Balaban J connectivity index is 1.97. The Bertz CT molecular complexity index is 802. The van der Waals surface area contributed by atoms with Gasteiger partial charge in [0, 0.05) is 16.6 Å². The molecule has 116 valence electrons. The highest BCUT2D eigenvalue weighted by atomic mass is 79.9. The zero-order valence-corrected chi connectivity index (χ0v) is 13.2. The lowest BCUT2D eigenvalue weighted by molar-refractivity contribution is -0.384. The van der Waals surface area contributed by atoms with Crippen LogP contribution in [0.5, 0.6) is 5.75 Å². The van der Waals surface area contributed by atoms with Crippen LogP contribution in [0.3, 0.4) is 0 Å². The summed E-state index contributed by atoms with van der Waals surface area (Å²) in [6.45, 7) is -0.252. The number of amides is 1. The summed E-state index contributed by atoms with van der Waals surface area (Å²) in [6.07, 6.45) is 0. The van der Waals surface area contributed by atoms with Crippen molar-refractivity contribution in [3.05, 3.63) is 62.6 Å². The fraction of sp³-hybridized carbons (Fsp3) is 0.0667. The summed E-state index contributed by atoms with van der Waals surface area (Å²) in [7, 11) is 0. The van der Waals surface area contributed by atoms with Crippen LogP contribution < -0.4 is 10.1 Å². The molecule has 1 amide bonds. The van der Waals surface area contributed by atoms with Crippen molar-refractivity contribution >= 4 is 33.2 Å². The number of nitrogens with zero attached hydrogens (tertiary/aromatic N) is 2. The minimum absolute atomic E-state index is 0.0838. The lowest BCUT2D eigenvalue weighted by atomic mass is 10.2. The number of rotatable bonds is 5. The molecule has 0 aliphatic rings. The maximum absolute atomic E-state index is 11.9. The minimum atomic E-state index is -0.526. The number of benzene rings is 2. The second kappa shape index (κ2) is 7.38. The number of nitro groups is 1. The summed E-state index contributed by atoms with van der Waals surface area (Å²) in [4.78, 5) is 22.0. The van der Waals surface area contributed by atoms with Gasteiger partial charge in [-0.3, -0.25) is 14.9 Å². The third kappa shape index (κ3) is 4.52. The molecule has 0 unspecified atom stereocenters. The Morgan fingerprint density at radius 3 is 2.78 bits per heavy atom. The highest BCUT2D eigenvalue weighted by molar-refractivity contribution is 9.10. The summed E-state index contributed by atoms with van der Waals surface area (Å²) in [5, 5.41) is 22.0. The maximum Gasteiger partial charge on any atom is 0.270 e. The quantitative estimate of drug-likeness (QED) is 0.637. The van der Waals surface area contributed by atoms with E-state index in [9.17, 15) is 14.9 Å². The first-order valence-electron chi connectivity index (χ1n) is 6.36. The van der Waals surface area contributed by atoms with Gasteiger partial charge in [0.15, 0.2) is 6.61 Å². The monoisotopic (exact) mass is 375 g/mol. The average Bonchev–Trinajstić information content (AvgIpc) is 2.55. The molecule has 2 rings (SSSR count). The molecule has 0 fully saturated rings. The number of nitro benzene ring substituents is 1. The molecule has 2 aromatic rings. The Morgan fingerprint density at radius 2 is 2.13 bits per heavy atom. The van der Waals surface area contributed by atoms with Crippen LogP contribution in [0.1, 0.15) is 5.56 Å². The highest BCUT2D eigenvalue weighted by Crippen LogP contribution is 2.27. The van der Waals surface area contributed by atoms with Gasteiger partial charge in [-0.2, -0.15) is 5.26 Å². The number of carbonyl (C=O) groups excluding carboxylic acids is 1. The summed E-state index contributed by atoms with van der Waals surface area (Å²) in [6, 6.07) is 12.4. The standard InChI is InChI=1S/C15H10BrN3O4/c16-13-7-11(19(21)22)4-5-14(13)18-15(20)9-23-12-3-1-2-10(6-12)8-17/h1-7H,9H2,(H,18,20). The molecular weight excluding hydrogens is 366 g/mol. The Hall–Kier alpha value is -2.92. The van der Waals surface area contributed by atoms with Gasteiger partial charge in [0.1, 0.15) is 5.75 Å². The zero-order chi connectivity index (χ0) is 16.8. The van der Waals surface area contributed by atoms with Crippen LogP contribution >= 0.6 is 15.9 Å². The molecule has 0 saturated carbocycles. The van der Waals surface area contributed by atoms with E-state index in [0.717, 1.165) is 0 Å². The lowest BCUT2D eigenvalue weighted by Crippen LogP contribution is -2.20. The Kier molecular flexibility index (Phi) is 5.28. The molecule has 8 heteroatoms. The van der Waals surface area contributed by atoms with Gasteiger partial charge in [-0.25, -0.2) is 0 Å². The summed E-state index contributed by atoms with van der Waals surface area (Å²) >= 11 is 3.16. The SMILES string of the molecule is N#Cc1cccc(OCC(=O)Nc2ccc([N+](=O)[O-])cc2Br)c1. The number of hydrogen-bond acceptors (Lipinski definition) is 5. The largest absolute Gasteiger partial charge is 0.484 e. The molecule has 1 N–H and O–H groups in total. The van der Waals surface area contributed by atoms with Crippen molar-refractivity contribution in [1.29, 1.82) is 5.26 Å². The van der Waals surface area contributed by atoms with Crippen LogP contribution in [0, 0.1) is 21.4 Å². The van der Waals surface area contributed by atoms with E-state index in [-0.39, 0.29) is 12.3 Å². The van der Waals surface area contributed by atoms with Crippen molar-refractivity contribution in [3.63, 3.8) is 0 Å². The highest BCUT2D eigenvalue weighted by Gasteiger charge is 2.11. The van der Waals surface area contributed by atoms with Gasteiger partial charge in [0.25, 0.3) is 11.6 Å². The van der Waals surface area contributed by atoms with Gasteiger partial charge < -0.3 is 10.1 Å². The number of halogens is 1. The van der Waals surface area contributed by atoms with Gasteiger partial charge in [-0.15, -0.1) is 0 Å². The van der Waals surface area contributed by atoms with Crippen LogP contribution in [0.25, 0.3) is 0 Å². The molecule has 2 aromatic carbocycles. The van der Waals surface area contributed by atoms with E-state index in [2.05, 4.69) is 21.2 Å². The first-order valence-corrected chi connectivity index (χ1v) is 7.15. The van der Waals surface area contributed by atoms with E-state index < -0.39 is 10.8 Å². The van der Waals surface area contributed by atoms with Crippen LogP contribution in [0.15, 0.2) is 46.9 Å². The predicted molar refractivity (Wildman–Crippen MR) is 86.1 cm³/mol. The van der Waals surface area contributed by atoms with E-state index in [1.807, 2.05) is 6.07 Å². The number of anilines is 1. The molecule has 0 aliphatic heterocycles. The van der Waals surface area contributed by atoms with Gasteiger partial charge in [-0.1, -0.05) is 6.07 Å². The number of non-ortho nitro benzene ring substituents is 1. The second-order valence-corrected chi connectivity index (χ2v) is 5.25. The van der Waals surface area contributed by atoms with E-state index in [1.165, 1.54) is 24.3 Å². The maximum atomic E-state index is 11.9. The van der Waals surface area contributed by atoms with Crippen LogP contribution in [0.2, 0.25) is 0 Å². The number of ether oxygens (including phenoxy) is 1. The summed E-state index contributed by atoms with van der Waals surface area (Å²) in [5.41, 5.74) is 0.746. The Labute approximate surface area is 139 Å². The number of carbonyl (C=O) groups is 1. The molecule has 7 nitrogen and oxygen atoms in total. The molecule has 0 aliphatic carbocycles. The average molecular weight is 376 g/mol. The van der Waals surface area contributed by atoms with E-state index >= 15 is 0 Å². The molecule has 0 atom stereocenters. The van der Waals surface area contributed by atoms with Gasteiger partial charge >= 0.3 is 0 Å². The lowest BCUT2D eigenvalue weighted by Gasteiger charge is -2.09. The molecule has 0 saturated heterocycles. The number of nitriles is 1.